The summed E-state index contributed by atoms with van der Waals surface area (Å²) >= 11 is 0. The van der Waals surface area contributed by atoms with Crippen LogP contribution in [0.15, 0.2) is 11.1 Å². The molecule has 4 N–H and O–H groups in total. The zero-order valence-corrected chi connectivity index (χ0v) is 8.09. The normalized spacial score (nSPS) is 26.8. The number of hydrogen-bond donors (Lipinski definition) is 4. The lowest BCUT2D eigenvalue weighted by atomic mass is 9.90. The van der Waals surface area contributed by atoms with Gasteiger partial charge in [0.05, 0.1) is 26.4 Å². The van der Waals surface area contributed by atoms with Gasteiger partial charge in [-0.05, 0) is 5.57 Å². The van der Waals surface area contributed by atoms with Gasteiger partial charge in [-0.3, -0.25) is 4.79 Å². The second-order valence-corrected chi connectivity index (χ2v) is 3.21. The molecule has 6 nitrogen and oxygen atoms in total. The van der Waals surface area contributed by atoms with E-state index in [0.29, 0.717) is 0 Å². The summed E-state index contributed by atoms with van der Waals surface area (Å²) in [4.78, 5) is 11.3. The fraction of sp³-hybridized carbons (Fsp3) is 0.667. The molecule has 86 valence electrons. The Balaban J connectivity index is 3.09. The second-order valence-electron chi connectivity index (χ2n) is 3.21. The first kappa shape index (κ1) is 12.1. The van der Waals surface area contributed by atoms with Crippen LogP contribution in [0.1, 0.15) is 0 Å². The zero-order valence-electron chi connectivity index (χ0n) is 8.09. The SMILES string of the molecule is O=C1OC(CO)C(CO)=C(CO)C1CO. The molecule has 0 saturated carbocycles. The van der Waals surface area contributed by atoms with Crippen LogP contribution in [-0.4, -0.2) is 58.9 Å². The molecule has 2 unspecified atom stereocenters. The molecule has 0 radical (unpaired) electrons. The first-order valence-corrected chi connectivity index (χ1v) is 4.55. The van der Waals surface area contributed by atoms with Crippen LogP contribution in [-0.2, 0) is 9.53 Å². The molecule has 0 aromatic heterocycles. The molecule has 0 aromatic rings. The Morgan fingerprint density at radius 1 is 1.00 bits per heavy atom. The Bertz CT molecular complexity index is 272. The van der Waals surface area contributed by atoms with Crippen molar-refractivity contribution < 1.29 is 30.0 Å². The van der Waals surface area contributed by atoms with Gasteiger partial charge in [-0.1, -0.05) is 0 Å². The molecule has 1 heterocycles. The summed E-state index contributed by atoms with van der Waals surface area (Å²) in [5, 5.41) is 36.0. The molecular formula is C9H14O6. The van der Waals surface area contributed by atoms with Gasteiger partial charge in [0, 0.05) is 5.57 Å². The predicted octanol–water partition coefficient (Wildman–Crippen LogP) is -2.21. The first-order valence-electron chi connectivity index (χ1n) is 4.55. The number of esters is 1. The summed E-state index contributed by atoms with van der Waals surface area (Å²) in [5.74, 6) is -1.64. The van der Waals surface area contributed by atoms with Crippen molar-refractivity contribution in [3.63, 3.8) is 0 Å². The van der Waals surface area contributed by atoms with E-state index in [4.69, 9.17) is 25.2 Å². The van der Waals surface area contributed by atoms with E-state index >= 15 is 0 Å². The van der Waals surface area contributed by atoms with Gasteiger partial charge in [-0.15, -0.1) is 0 Å². The standard InChI is InChI=1S/C9H14O6/c10-1-5-6(2-11)8(4-13)15-9(14)7(5)3-12/h7-8,10-13H,1-4H2. The van der Waals surface area contributed by atoms with Crippen LogP contribution in [0.3, 0.4) is 0 Å². The minimum atomic E-state index is -0.944. The summed E-state index contributed by atoms with van der Waals surface area (Å²) in [5.41, 5.74) is 0.494. The van der Waals surface area contributed by atoms with E-state index in [0.717, 1.165) is 0 Å². The summed E-state index contributed by atoms with van der Waals surface area (Å²) in [6.45, 7) is -1.82. The van der Waals surface area contributed by atoms with Crippen molar-refractivity contribution in [2.45, 2.75) is 6.10 Å². The summed E-state index contributed by atoms with van der Waals surface area (Å²) < 4.78 is 4.80. The molecule has 15 heavy (non-hydrogen) atoms. The van der Waals surface area contributed by atoms with E-state index in [1.54, 1.807) is 0 Å². The van der Waals surface area contributed by atoms with E-state index in [-0.39, 0.29) is 11.1 Å². The van der Waals surface area contributed by atoms with Gasteiger partial charge < -0.3 is 25.2 Å². The number of rotatable bonds is 4. The van der Waals surface area contributed by atoms with E-state index in [2.05, 4.69) is 0 Å². The smallest absolute Gasteiger partial charge is 0.316 e. The van der Waals surface area contributed by atoms with Gasteiger partial charge >= 0.3 is 5.97 Å². The summed E-state index contributed by atoms with van der Waals surface area (Å²) in [6, 6.07) is 0. The van der Waals surface area contributed by atoms with Crippen LogP contribution in [0.4, 0.5) is 0 Å². The molecule has 0 saturated heterocycles. The molecular weight excluding hydrogens is 204 g/mol. The number of cyclic esters (lactones) is 1. The van der Waals surface area contributed by atoms with Crippen LogP contribution < -0.4 is 0 Å². The molecule has 1 rings (SSSR count). The average molecular weight is 218 g/mol. The van der Waals surface area contributed by atoms with Crippen LogP contribution in [0.5, 0.6) is 0 Å². The van der Waals surface area contributed by atoms with Crippen LogP contribution in [0.25, 0.3) is 0 Å². The van der Waals surface area contributed by atoms with Crippen molar-refractivity contribution in [1.82, 2.24) is 0 Å². The lowest BCUT2D eigenvalue weighted by Gasteiger charge is -2.30. The molecule has 1 aliphatic rings. The lowest BCUT2D eigenvalue weighted by Crippen LogP contribution is -2.39. The highest BCUT2D eigenvalue weighted by molar-refractivity contribution is 5.78. The fourth-order valence-electron chi connectivity index (χ4n) is 1.61. The van der Waals surface area contributed by atoms with Gasteiger partial charge in [0.2, 0.25) is 0 Å². The number of ether oxygens (including phenoxy) is 1. The third-order valence-corrected chi connectivity index (χ3v) is 2.45. The molecule has 6 heteroatoms. The monoisotopic (exact) mass is 218 g/mol. The van der Waals surface area contributed by atoms with E-state index in [1.165, 1.54) is 0 Å². The van der Waals surface area contributed by atoms with Crippen molar-refractivity contribution in [3.8, 4) is 0 Å². The van der Waals surface area contributed by atoms with Crippen molar-refractivity contribution in [2.75, 3.05) is 26.4 Å². The topological polar surface area (TPSA) is 107 Å². The molecule has 0 spiro atoms. The van der Waals surface area contributed by atoms with E-state index < -0.39 is 44.4 Å². The minimum absolute atomic E-state index is 0.232. The molecule has 1 aliphatic heterocycles. The Morgan fingerprint density at radius 3 is 2.00 bits per heavy atom. The van der Waals surface area contributed by atoms with Crippen molar-refractivity contribution in [2.24, 2.45) is 5.92 Å². The first-order chi connectivity index (χ1) is 7.19. The third kappa shape index (κ3) is 2.18. The quantitative estimate of drug-likeness (QED) is 0.315. The Labute approximate surface area is 86.4 Å². The van der Waals surface area contributed by atoms with Gasteiger partial charge in [-0.25, -0.2) is 0 Å². The van der Waals surface area contributed by atoms with Gasteiger partial charge in [0.15, 0.2) is 0 Å². The number of carbonyl (C=O) groups is 1. The third-order valence-electron chi connectivity index (χ3n) is 2.45. The van der Waals surface area contributed by atoms with Gasteiger partial charge in [-0.2, -0.15) is 0 Å². The molecule has 0 aromatic carbocycles. The van der Waals surface area contributed by atoms with E-state index in [1.807, 2.05) is 0 Å². The van der Waals surface area contributed by atoms with Crippen molar-refractivity contribution in [3.05, 3.63) is 11.1 Å². The number of aliphatic hydroxyl groups is 4. The maximum absolute atomic E-state index is 11.3. The highest BCUT2D eigenvalue weighted by atomic mass is 16.6. The summed E-state index contributed by atoms with van der Waals surface area (Å²) in [7, 11) is 0. The van der Waals surface area contributed by atoms with Crippen LogP contribution in [0, 0.1) is 5.92 Å². The van der Waals surface area contributed by atoms with Crippen LogP contribution in [0.2, 0.25) is 0 Å². The minimum Gasteiger partial charge on any atom is -0.455 e. The van der Waals surface area contributed by atoms with Crippen molar-refractivity contribution >= 4 is 5.97 Å². The predicted molar refractivity (Wildman–Crippen MR) is 48.7 cm³/mol. The Hall–Kier alpha value is -0.950. The van der Waals surface area contributed by atoms with Crippen LogP contribution >= 0.6 is 0 Å². The van der Waals surface area contributed by atoms with Gasteiger partial charge in [0.25, 0.3) is 0 Å². The maximum Gasteiger partial charge on any atom is 0.316 e. The molecule has 0 bridgehead atoms. The largest absolute Gasteiger partial charge is 0.455 e. The summed E-state index contributed by atoms with van der Waals surface area (Å²) in [6.07, 6.45) is -0.924. The zero-order chi connectivity index (χ0) is 11.4. The highest BCUT2D eigenvalue weighted by Crippen LogP contribution is 2.26. The Kier molecular flexibility index (Phi) is 4.22. The van der Waals surface area contributed by atoms with Crippen molar-refractivity contribution in [1.29, 1.82) is 0 Å². The lowest BCUT2D eigenvalue weighted by molar-refractivity contribution is -0.156. The second kappa shape index (κ2) is 5.22. The highest BCUT2D eigenvalue weighted by Gasteiger charge is 2.35. The fourth-order valence-corrected chi connectivity index (χ4v) is 1.61. The maximum atomic E-state index is 11.3. The molecule has 0 aliphatic carbocycles. The Morgan fingerprint density at radius 2 is 1.60 bits per heavy atom. The average Bonchev–Trinajstić information content (AvgIpc) is 2.27. The molecule has 0 amide bonds. The molecule has 2 atom stereocenters. The number of aliphatic hydroxyl groups excluding tert-OH is 4. The number of carbonyl (C=O) groups excluding carboxylic acids is 1. The molecule has 0 fully saturated rings. The number of hydrogen-bond acceptors (Lipinski definition) is 6. The van der Waals surface area contributed by atoms with E-state index in [9.17, 15) is 4.79 Å². The van der Waals surface area contributed by atoms with Gasteiger partial charge in [0.1, 0.15) is 12.0 Å².